The molecule has 1 aromatic carbocycles. The second-order valence-electron chi connectivity index (χ2n) is 5.57. The number of carbonyl (C=O) groups is 4. The van der Waals surface area contributed by atoms with Crippen molar-refractivity contribution in [3.63, 3.8) is 0 Å². The fourth-order valence-corrected chi connectivity index (χ4v) is 2.23. The fraction of sp³-hybridized carbons (Fsp3) is 0.263. The molecule has 0 saturated heterocycles. The standard InChI is InChI=1S/C19H20N2O7/c1-2-26-19(25)21-16(22)12-28-18(24)14(11-13-7-4-3-5-8-13)20-17(23)15-9-6-10-27-15/h3-10,14H,2,11-12H2,1H3,(H,20,23)(H,21,22,25)/t14-/m0/s1. The summed E-state index contributed by atoms with van der Waals surface area (Å²) in [6, 6.07) is 10.9. The molecule has 0 saturated carbocycles. The lowest BCUT2D eigenvalue weighted by molar-refractivity contribution is -0.150. The average molecular weight is 388 g/mol. The summed E-state index contributed by atoms with van der Waals surface area (Å²) in [5, 5.41) is 4.43. The van der Waals surface area contributed by atoms with E-state index < -0.39 is 36.5 Å². The third kappa shape index (κ3) is 6.60. The molecule has 1 heterocycles. The number of benzene rings is 1. The molecule has 2 N–H and O–H groups in total. The highest BCUT2D eigenvalue weighted by molar-refractivity contribution is 5.96. The average Bonchev–Trinajstić information content (AvgIpc) is 3.21. The van der Waals surface area contributed by atoms with Crippen LogP contribution in [0.2, 0.25) is 0 Å². The van der Waals surface area contributed by atoms with Crippen molar-refractivity contribution in [2.24, 2.45) is 0 Å². The van der Waals surface area contributed by atoms with Gasteiger partial charge in [-0.3, -0.25) is 14.9 Å². The lowest BCUT2D eigenvalue weighted by atomic mass is 10.1. The molecule has 0 spiro atoms. The smallest absolute Gasteiger partial charge is 0.413 e. The largest absolute Gasteiger partial charge is 0.459 e. The Balaban J connectivity index is 1.98. The molecule has 0 radical (unpaired) electrons. The summed E-state index contributed by atoms with van der Waals surface area (Å²) >= 11 is 0. The Kier molecular flexibility index (Phi) is 7.77. The normalized spacial score (nSPS) is 11.2. The van der Waals surface area contributed by atoms with Gasteiger partial charge >= 0.3 is 12.1 Å². The molecule has 0 aliphatic carbocycles. The molecule has 2 rings (SSSR count). The Morgan fingerprint density at radius 3 is 2.43 bits per heavy atom. The summed E-state index contributed by atoms with van der Waals surface area (Å²) in [5.74, 6) is -2.24. The van der Waals surface area contributed by atoms with Gasteiger partial charge in [-0.2, -0.15) is 0 Å². The van der Waals surface area contributed by atoms with E-state index in [-0.39, 0.29) is 18.8 Å². The highest BCUT2D eigenvalue weighted by atomic mass is 16.6. The zero-order chi connectivity index (χ0) is 20.4. The van der Waals surface area contributed by atoms with Gasteiger partial charge in [-0.05, 0) is 24.6 Å². The van der Waals surface area contributed by atoms with E-state index in [0.717, 1.165) is 5.56 Å². The Bertz CT molecular complexity index is 803. The number of rotatable bonds is 8. The van der Waals surface area contributed by atoms with Crippen LogP contribution in [0.5, 0.6) is 0 Å². The van der Waals surface area contributed by atoms with E-state index in [2.05, 4.69) is 10.1 Å². The molecule has 1 aromatic heterocycles. The van der Waals surface area contributed by atoms with Crippen LogP contribution in [0.25, 0.3) is 0 Å². The van der Waals surface area contributed by atoms with Gasteiger partial charge in [-0.1, -0.05) is 30.3 Å². The molecule has 0 fully saturated rings. The van der Waals surface area contributed by atoms with Crippen molar-refractivity contribution in [3.05, 3.63) is 60.1 Å². The van der Waals surface area contributed by atoms with Crippen LogP contribution in [0.4, 0.5) is 4.79 Å². The molecule has 0 aliphatic heterocycles. The number of imide groups is 1. The third-order valence-electron chi connectivity index (χ3n) is 3.48. The van der Waals surface area contributed by atoms with E-state index in [4.69, 9.17) is 9.15 Å². The van der Waals surface area contributed by atoms with Crippen LogP contribution in [-0.2, 0) is 25.5 Å². The van der Waals surface area contributed by atoms with E-state index in [1.54, 1.807) is 37.3 Å². The first kappa shape index (κ1) is 20.7. The lowest BCUT2D eigenvalue weighted by Crippen LogP contribution is -2.44. The maximum absolute atomic E-state index is 12.4. The van der Waals surface area contributed by atoms with Crippen molar-refractivity contribution in [3.8, 4) is 0 Å². The number of alkyl carbamates (subject to hydrolysis) is 1. The third-order valence-corrected chi connectivity index (χ3v) is 3.48. The van der Waals surface area contributed by atoms with E-state index in [0.29, 0.717) is 0 Å². The van der Waals surface area contributed by atoms with Gasteiger partial charge in [0.05, 0.1) is 12.9 Å². The molecule has 148 valence electrons. The summed E-state index contributed by atoms with van der Waals surface area (Å²) in [4.78, 5) is 47.4. The van der Waals surface area contributed by atoms with Crippen LogP contribution in [-0.4, -0.2) is 43.1 Å². The lowest BCUT2D eigenvalue weighted by Gasteiger charge is -2.17. The number of furan rings is 1. The molecular weight excluding hydrogens is 368 g/mol. The topological polar surface area (TPSA) is 124 Å². The number of amides is 3. The van der Waals surface area contributed by atoms with E-state index in [1.165, 1.54) is 12.3 Å². The van der Waals surface area contributed by atoms with Gasteiger partial charge in [-0.15, -0.1) is 0 Å². The summed E-state index contributed by atoms with van der Waals surface area (Å²) in [6.45, 7) is 0.983. The quantitative estimate of drug-likeness (QED) is 0.656. The number of ether oxygens (including phenoxy) is 2. The Morgan fingerprint density at radius 1 is 1.04 bits per heavy atom. The second-order valence-corrected chi connectivity index (χ2v) is 5.57. The molecule has 2 aromatic rings. The molecule has 28 heavy (non-hydrogen) atoms. The number of esters is 1. The monoisotopic (exact) mass is 388 g/mol. The minimum Gasteiger partial charge on any atom is -0.459 e. The summed E-state index contributed by atoms with van der Waals surface area (Å²) in [7, 11) is 0. The fourth-order valence-electron chi connectivity index (χ4n) is 2.23. The van der Waals surface area contributed by atoms with E-state index in [1.807, 2.05) is 11.4 Å². The van der Waals surface area contributed by atoms with Crippen LogP contribution in [0.15, 0.2) is 53.1 Å². The first-order chi connectivity index (χ1) is 13.5. The maximum atomic E-state index is 12.4. The van der Waals surface area contributed by atoms with Gasteiger partial charge in [0.25, 0.3) is 11.8 Å². The number of carbonyl (C=O) groups excluding carboxylic acids is 4. The molecule has 1 atom stereocenters. The molecule has 0 unspecified atom stereocenters. The van der Waals surface area contributed by atoms with Crippen molar-refractivity contribution in [1.82, 2.24) is 10.6 Å². The van der Waals surface area contributed by atoms with Gasteiger partial charge in [0.15, 0.2) is 12.4 Å². The molecule has 9 heteroatoms. The van der Waals surface area contributed by atoms with Crippen molar-refractivity contribution >= 4 is 23.9 Å². The maximum Gasteiger partial charge on any atom is 0.413 e. The molecule has 0 bridgehead atoms. The Labute approximate surface area is 161 Å². The van der Waals surface area contributed by atoms with Crippen molar-refractivity contribution < 1.29 is 33.1 Å². The van der Waals surface area contributed by atoms with Crippen LogP contribution >= 0.6 is 0 Å². The molecule has 3 amide bonds. The van der Waals surface area contributed by atoms with Gasteiger partial charge in [0.2, 0.25) is 0 Å². The van der Waals surface area contributed by atoms with Gasteiger partial charge in [0.1, 0.15) is 6.04 Å². The van der Waals surface area contributed by atoms with Gasteiger partial charge < -0.3 is 19.2 Å². The predicted molar refractivity (Wildman–Crippen MR) is 96.2 cm³/mol. The highest BCUT2D eigenvalue weighted by Crippen LogP contribution is 2.07. The van der Waals surface area contributed by atoms with Crippen LogP contribution in [0.3, 0.4) is 0 Å². The zero-order valence-electron chi connectivity index (χ0n) is 15.2. The van der Waals surface area contributed by atoms with Crippen LogP contribution in [0.1, 0.15) is 23.0 Å². The minimum absolute atomic E-state index is 0.0333. The minimum atomic E-state index is -1.06. The van der Waals surface area contributed by atoms with Gasteiger partial charge in [-0.25, -0.2) is 9.59 Å². The second kappa shape index (κ2) is 10.5. The number of hydrogen-bond acceptors (Lipinski definition) is 7. The Morgan fingerprint density at radius 2 is 1.79 bits per heavy atom. The molecular formula is C19H20N2O7. The van der Waals surface area contributed by atoms with Crippen molar-refractivity contribution in [2.75, 3.05) is 13.2 Å². The van der Waals surface area contributed by atoms with Crippen LogP contribution < -0.4 is 10.6 Å². The van der Waals surface area contributed by atoms with Crippen molar-refractivity contribution in [2.45, 2.75) is 19.4 Å². The van der Waals surface area contributed by atoms with E-state index >= 15 is 0 Å². The predicted octanol–water partition coefficient (Wildman–Crippen LogP) is 1.44. The number of nitrogens with one attached hydrogen (secondary N) is 2. The first-order valence-corrected chi connectivity index (χ1v) is 8.51. The summed E-state index contributed by atoms with van der Waals surface area (Å²) in [6.07, 6.45) is 0.542. The summed E-state index contributed by atoms with van der Waals surface area (Å²) in [5.41, 5.74) is 0.778. The highest BCUT2D eigenvalue weighted by Gasteiger charge is 2.25. The zero-order valence-corrected chi connectivity index (χ0v) is 15.2. The Hall–Kier alpha value is -3.62. The van der Waals surface area contributed by atoms with E-state index in [9.17, 15) is 19.2 Å². The van der Waals surface area contributed by atoms with Crippen molar-refractivity contribution in [1.29, 1.82) is 0 Å². The first-order valence-electron chi connectivity index (χ1n) is 8.51. The molecule has 0 aliphatic rings. The number of hydrogen-bond donors (Lipinski definition) is 2. The SMILES string of the molecule is CCOC(=O)NC(=O)COC(=O)[C@H](Cc1ccccc1)NC(=O)c1ccco1. The summed E-state index contributed by atoms with van der Waals surface area (Å²) < 4.78 is 14.5. The van der Waals surface area contributed by atoms with Gasteiger partial charge in [0, 0.05) is 6.42 Å². The van der Waals surface area contributed by atoms with Crippen LogP contribution in [0, 0.1) is 0 Å². The molecule has 9 nitrogen and oxygen atoms in total.